The van der Waals surface area contributed by atoms with Gasteiger partial charge in [-0.1, -0.05) is 6.07 Å². The van der Waals surface area contributed by atoms with Crippen molar-refractivity contribution in [1.29, 1.82) is 0 Å². The minimum absolute atomic E-state index is 0.116. The number of nitrogens with one attached hydrogen (secondary N) is 1. The minimum atomic E-state index is -0.284. The molecular formula is C10H13ClN2O2. The fourth-order valence-electron chi connectivity index (χ4n) is 1.24. The van der Waals surface area contributed by atoms with Crippen molar-refractivity contribution in [2.45, 2.75) is 12.3 Å². The van der Waals surface area contributed by atoms with Gasteiger partial charge in [0.1, 0.15) is 5.69 Å². The highest BCUT2D eigenvalue weighted by molar-refractivity contribution is 6.20. The van der Waals surface area contributed by atoms with Crippen LogP contribution >= 0.6 is 11.6 Å². The Bertz CT molecular complexity index is 400. The molecule has 15 heavy (non-hydrogen) atoms. The molecule has 0 saturated carbocycles. The van der Waals surface area contributed by atoms with E-state index in [0.29, 0.717) is 6.54 Å². The van der Waals surface area contributed by atoms with Crippen molar-refractivity contribution in [2.24, 2.45) is 0 Å². The third-order valence-electron chi connectivity index (χ3n) is 1.87. The van der Waals surface area contributed by atoms with Crippen LogP contribution in [-0.4, -0.2) is 34.8 Å². The third-order valence-corrected chi connectivity index (χ3v) is 2.01. The lowest BCUT2D eigenvalue weighted by molar-refractivity contribution is 0.0790. The van der Waals surface area contributed by atoms with Gasteiger partial charge in [-0.15, -0.1) is 11.6 Å². The Morgan fingerprint density at radius 1 is 1.60 bits per heavy atom. The predicted molar refractivity (Wildman–Crippen MR) is 59.3 cm³/mol. The second-order valence-electron chi connectivity index (χ2n) is 3.40. The van der Waals surface area contributed by atoms with Crippen molar-refractivity contribution < 1.29 is 4.79 Å². The highest BCUT2D eigenvalue weighted by Crippen LogP contribution is 2.01. The zero-order valence-corrected chi connectivity index (χ0v) is 9.41. The summed E-state index contributed by atoms with van der Waals surface area (Å²) >= 11 is 5.77. The Morgan fingerprint density at radius 3 is 2.80 bits per heavy atom. The monoisotopic (exact) mass is 228 g/mol. The predicted octanol–water partition coefficient (Wildman–Crippen LogP) is 1.07. The molecule has 1 aromatic rings. The van der Waals surface area contributed by atoms with Crippen molar-refractivity contribution in [1.82, 2.24) is 9.88 Å². The van der Waals surface area contributed by atoms with Crippen molar-refractivity contribution in [3.8, 4) is 0 Å². The summed E-state index contributed by atoms with van der Waals surface area (Å²) in [6, 6.07) is 4.48. The lowest BCUT2D eigenvalue weighted by atomic mass is 10.3. The van der Waals surface area contributed by atoms with E-state index in [9.17, 15) is 9.59 Å². The average Bonchev–Trinajstić information content (AvgIpc) is 2.15. The average molecular weight is 229 g/mol. The second-order valence-corrected chi connectivity index (χ2v) is 4.14. The van der Waals surface area contributed by atoms with Crippen molar-refractivity contribution in [3.05, 3.63) is 34.2 Å². The number of hydrogen-bond donors (Lipinski definition) is 1. The molecule has 1 atom stereocenters. The van der Waals surface area contributed by atoms with Crippen LogP contribution in [0.15, 0.2) is 23.0 Å². The van der Waals surface area contributed by atoms with Crippen LogP contribution in [0.4, 0.5) is 0 Å². The first-order valence-corrected chi connectivity index (χ1v) is 5.03. The second kappa shape index (κ2) is 4.98. The molecule has 82 valence electrons. The molecule has 1 aromatic heterocycles. The number of carbonyl (C=O) groups is 1. The zero-order chi connectivity index (χ0) is 11.4. The summed E-state index contributed by atoms with van der Waals surface area (Å²) in [7, 11) is 1.65. The molecule has 1 N–H and O–H groups in total. The molecular weight excluding hydrogens is 216 g/mol. The number of aromatic nitrogens is 1. The Labute approximate surface area is 92.9 Å². The van der Waals surface area contributed by atoms with Gasteiger partial charge in [-0.05, 0) is 13.0 Å². The van der Waals surface area contributed by atoms with E-state index in [1.807, 2.05) is 0 Å². The van der Waals surface area contributed by atoms with Gasteiger partial charge in [-0.3, -0.25) is 9.59 Å². The number of hydrogen-bond acceptors (Lipinski definition) is 2. The maximum atomic E-state index is 11.7. The van der Waals surface area contributed by atoms with E-state index in [2.05, 4.69) is 4.98 Å². The number of amides is 1. The molecule has 0 aliphatic heterocycles. The van der Waals surface area contributed by atoms with Crippen molar-refractivity contribution >= 4 is 17.5 Å². The zero-order valence-electron chi connectivity index (χ0n) is 8.66. The lowest BCUT2D eigenvalue weighted by Crippen LogP contribution is -2.32. The molecule has 0 aliphatic rings. The molecule has 1 rings (SSSR count). The minimum Gasteiger partial charge on any atom is -0.339 e. The maximum absolute atomic E-state index is 11.7. The molecule has 0 saturated heterocycles. The number of halogens is 1. The number of aromatic amines is 1. The lowest BCUT2D eigenvalue weighted by Gasteiger charge is -2.17. The van der Waals surface area contributed by atoms with Crippen LogP contribution in [-0.2, 0) is 0 Å². The van der Waals surface area contributed by atoms with Crippen LogP contribution < -0.4 is 5.56 Å². The van der Waals surface area contributed by atoms with Gasteiger partial charge in [0.25, 0.3) is 5.91 Å². The molecule has 1 unspecified atom stereocenters. The van der Waals surface area contributed by atoms with Gasteiger partial charge in [0.05, 0.1) is 0 Å². The van der Waals surface area contributed by atoms with Crippen LogP contribution in [0.25, 0.3) is 0 Å². The highest BCUT2D eigenvalue weighted by Gasteiger charge is 2.13. The molecule has 0 aliphatic carbocycles. The SMILES string of the molecule is CC(Cl)CN(C)C(=O)c1cccc(=O)[nH]1. The van der Waals surface area contributed by atoms with E-state index in [4.69, 9.17) is 11.6 Å². The van der Waals surface area contributed by atoms with Crippen LogP contribution in [0.2, 0.25) is 0 Å². The number of nitrogens with zero attached hydrogens (tertiary/aromatic N) is 1. The Kier molecular flexibility index (Phi) is 3.91. The molecule has 0 radical (unpaired) electrons. The summed E-state index contributed by atoms with van der Waals surface area (Å²) in [5, 5.41) is -0.116. The van der Waals surface area contributed by atoms with E-state index in [1.54, 1.807) is 26.1 Å². The fraction of sp³-hybridized carbons (Fsp3) is 0.400. The van der Waals surface area contributed by atoms with E-state index in [1.165, 1.54) is 11.0 Å². The summed E-state index contributed by atoms with van der Waals surface area (Å²) < 4.78 is 0. The summed E-state index contributed by atoms with van der Waals surface area (Å²) in [6.07, 6.45) is 0. The molecule has 1 amide bonds. The van der Waals surface area contributed by atoms with E-state index < -0.39 is 0 Å². The largest absolute Gasteiger partial charge is 0.339 e. The quantitative estimate of drug-likeness (QED) is 0.787. The topological polar surface area (TPSA) is 53.2 Å². The number of alkyl halides is 1. The first-order valence-electron chi connectivity index (χ1n) is 4.59. The third kappa shape index (κ3) is 3.40. The van der Waals surface area contributed by atoms with E-state index in [0.717, 1.165) is 0 Å². The Morgan fingerprint density at radius 2 is 2.27 bits per heavy atom. The molecule has 0 fully saturated rings. The van der Waals surface area contributed by atoms with Gasteiger partial charge >= 0.3 is 0 Å². The van der Waals surface area contributed by atoms with Gasteiger partial charge in [-0.2, -0.15) is 0 Å². The van der Waals surface area contributed by atoms with E-state index >= 15 is 0 Å². The van der Waals surface area contributed by atoms with Crippen molar-refractivity contribution in [3.63, 3.8) is 0 Å². The molecule has 0 spiro atoms. The maximum Gasteiger partial charge on any atom is 0.270 e. The molecule has 4 nitrogen and oxygen atoms in total. The van der Waals surface area contributed by atoms with Crippen LogP contribution in [0.5, 0.6) is 0 Å². The molecule has 0 aromatic carbocycles. The van der Waals surface area contributed by atoms with Crippen LogP contribution in [0, 0.1) is 0 Å². The molecule has 1 heterocycles. The summed E-state index contributed by atoms with van der Waals surface area (Å²) in [5.41, 5.74) is -0.00418. The van der Waals surface area contributed by atoms with Gasteiger partial charge < -0.3 is 9.88 Å². The highest BCUT2D eigenvalue weighted by atomic mass is 35.5. The first kappa shape index (κ1) is 11.8. The van der Waals surface area contributed by atoms with Crippen LogP contribution in [0.3, 0.4) is 0 Å². The van der Waals surface area contributed by atoms with Gasteiger partial charge in [0.2, 0.25) is 5.56 Å². The summed E-state index contributed by atoms with van der Waals surface area (Å²) in [6.45, 7) is 2.25. The number of rotatable bonds is 3. The van der Waals surface area contributed by atoms with Crippen LogP contribution in [0.1, 0.15) is 17.4 Å². The number of H-pyrrole nitrogens is 1. The van der Waals surface area contributed by atoms with Gasteiger partial charge in [0.15, 0.2) is 0 Å². The van der Waals surface area contributed by atoms with Gasteiger partial charge in [-0.25, -0.2) is 0 Å². The molecule has 5 heteroatoms. The Balaban J connectivity index is 2.80. The van der Waals surface area contributed by atoms with Crippen molar-refractivity contribution in [2.75, 3.05) is 13.6 Å². The van der Waals surface area contributed by atoms with E-state index in [-0.39, 0.29) is 22.5 Å². The standard InChI is InChI=1S/C10H13ClN2O2/c1-7(11)6-13(2)10(15)8-4-3-5-9(14)12-8/h3-5,7H,6H2,1-2H3,(H,12,14). The smallest absolute Gasteiger partial charge is 0.270 e. The summed E-state index contributed by atoms with van der Waals surface area (Å²) in [4.78, 5) is 26.7. The molecule has 0 bridgehead atoms. The number of carbonyl (C=O) groups excluding carboxylic acids is 1. The fourth-order valence-corrected chi connectivity index (χ4v) is 1.45. The first-order chi connectivity index (χ1) is 7.00. The van der Waals surface area contributed by atoms with Gasteiger partial charge in [0, 0.05) is 25.0 Å². The summed E-state index contributed by atoms with van der Waals surface area (Å²) in [5.74, 6) is -0.236. The normalized spacial score (nSPS) is 12.2. The Hall–Kier alpha value is -1.29. The number of pyridine rings is 1.